The minimum atomic E-state index is -0.611. The minimum absolute atomic E-state index is 0.0162. The van der Waals surface area contributed by atoms with Gasteiger partial charge in [-0.2, -0.15) is 0 Å². The zero-order chi connectivity index (χ0) is 17.4. The molecular weight excluding hydrogens is 300 g/mol. The minimum Gasteiger partial charge on any atom is -0.469 e. The molecule has 1 spiro atoms. The van der Waals surface area contributed by atoms with E-state index >= 15 is 0 Å². The molecule has 4 aliphatic rings. The van der Waals surface area contributed by atoms with Gasteiger partial charge in [-0.05, 0) is 86.5 Å². The van der Waals surface area contributed by atoms with Crippen LogP contribution in [0, 0.1) is 28.1 Å². The van der Waals surface area contributed by atoms with Crippen molar-refractivity contribution >= 4 is 5.97 Å². The summed E-state index contributed by atoms with van der Waals surface area (Å²) in [6.45, 7) is 8.81. The maximum atomic E-state index is 12.6. The maximum Gasteiger partial charge on any atom is 0.311 e. The molecule has 4 rings (SSSR count). The van der Waals surface area contributed by atoms with Crippen LogP contribution in [0.3, 0.4) is 0 Å². The Morgan fingerprint density at radius 2 is 1.88 bits per heavy atom. The molecular formula is C21H32O3. The number of fused-ring (bicyclic) bond motifs is 3. The van der Waals surface area contributed by atoms with E-state index in [4.69, 9.17) is 4.74 Å². The first-order valence-corrected chi connectivity index (χ1v) is 9.69. The van der Waals surface area contributed by atoms with Gasteiger partial charge in [0.15, 0.2) is 0 Å². The lowest BCUT2D eigenvalue weighted by Gasteiger charge is -2.63. The van der Waals surface area contributed by atoms with Crippen molar-refractivity contribution in [3.63, 3.8) is 0 Å². The summed E-state index contributed by atoms with van der Waals surface area (Å²) in [6.07, 6.45) is 9.32. The van der Waals surface area contributed by atoms with Gasteiger partial charge in [-0.25, -0.2) is 0 Å². The average molecular weight is 332 g/mol. The number of ether oxygens (including phenoxy) is 1. The molecule has 3 heteroatoms. The van der Waals surface area contributed by atoms with Gasteiger partial charge in [0.2, 0.25) is 0 Å². The standard InChI is InChI=1S/C21H32O3/c1-14-12-20-10-6-15-18(2,16(20)7-11-21(14,23)13-20)8-5-9-19(15,3)17(22)24-4/h15-16,23H,1,5-13H2,2-4H3/t15-,16-,18?,19+,20+,21?/m0/s1. The molecule has 1 N–H and O–H groups in total. The number of hydrogen-bond donors (Lipinski definition) is 1. The van der Waals surface area contributed by atoms with Crippen LogP contribution >= 0.6 is 0 Å². The molecule has 2 unspecified atom stereocenters. The summed E-state index contributed by atoms with van der Waals surface area (Å²) < 4.78 is 5.22. The lowest BCUT2D eigenvalue weighted by atomic mass is 9.41. The highest BCUT2D eigenvalue weighted by Gasteiger charge is 2.67. The van der Waals surface area contributed by atoms with Gasteiger partial charge in [-0.3, -0.25) is 4.79 Å². The van der Waals surface area contributed by atoms with Crippen molar-refractivity contribution in [1.29, 1.82) is 0 Å². The molecule has 0 radical (unpaired) electrons. The molecule has 4 fully saturated rings. The van der Waals surface area contributed by atoms with Crippen LogP contribution in [0.2, 0.25) is 0 Å². The van der Waals surface area contributed by atoms with E-state index in [9.17, 15) is 9.90 Å². The fraction of sp³-hybridized carbons (Fsp3) is 0.857. The van der Waals surface area contributed by atoms with Crippen molar-refractivity contribution in [2.45, 2.75) is 77.2 Å². The summed E-state index contributed by atoms with van der Waals surface area (Å²) in [7, 11) is 1.53. The Morgan fingerprint density at radius 1 is 1.17 bits per heavy atom. The maximum absolute atomic E-state index is 12.6. The van der Waals surface area contributed by atoms with Crippen LogP contribution in [0.1, 0.15) is 71.6 Å². The van der Waals surface area contributed by atoms with Crippen LogP contribution < -0.4 is 0 Å². The number of hydrogen-bond acceptors (Lipinski definition) is 3. The molecule has 4 aliphatic carbocycles. The van der Waals surface area contributed by atoms with Crippen LogP contribution in [0.5, 0.6) is 0 Å². The molecule has 0 aliphatic heterocycles. The van der Waals surface area contributed by atoms with Gasteiger partial charge < -0.3 is 9.84 Å². The van der Waals surface area contributed by atoms with Crippen molar-refractivity contribution in [3.8, 4) is 0 Å². The molecule has 0 heterocycles. The molecule has 4 saturated carbocycles. The zero-order valence-corrected chi connectivity index (χ0v) is 15.5. The third kappa shape index (κ3) is 1.85. The topological polar surface area (TPSA) is 46.5 Å². The van der Waals surface area contributed by atoms with Crippen LogP contribution in [0.4, 0.5) is 0 Å². The van der Waals surface area contributed by atoms with E-state index in [0.29, 0.717) is 11.8 Å². The van der Waals surface area contributed by atoms with Crippen LogP contribution in [0.25, 0.3) is 0 Å². The van der Waals surface area contributed by atoms with Gasteiger partial charge in [-0.15, -0.1) is 0 Å². The third-order valence-corrected chi connectivity index (χ3v) is 8.81. The number of rotatable bonds is 1. The van der Waals surface area contributed by atoms with Gasteiger partial charge >= 0.3 is 5.97 Å². The molecule has 0 saturated heterocycles. The predicted octanol–water partition coefficient (Wildman–Crippen LogP) is 4.24. The second kappa shape index (κ2) is 4.87. The van der Waals surface area contributed by atoms with E-state index in [0.717, 1.165) is 56.9 Å². The Kier molecular flexibility index (Phi) is 3.37. The summed E-state index contributed by atoms with van der Waals surface area (Å²) in [5, 5.41) is 11.0. The van der Waals surface area contributed by atoms with Gasteiger partial charge in [0, 0.05) is 0 Å². The molecule has 0 aromatic carbocycles. The fourth-order valence-corrected chi connectivity index (χ4v) is 7.83. The van der Waals surface area contributed by atoms with Gasteiger partial charge in [0.05, 0.1) is 18.1 Å². The first-order chi connectivity index (χ1) is 11.2. The average Bonchev–Trinajstić information content (AvgIpc) is 2.70. The smallest absolute Gasteiger partial charge is 0.311 e. The van der Waals surface area contributed by atoms with Crippen LogP contribution in [-0.4, -0.2) is 23.8 Å². The highest BCUT2D eigenvalue weighted by Crippen LogP contribution is 2.72. The van der Waals surface area contributed by atoms with E-state index in [1.165, 1.54) is 13.5 Å². The Labute approximate surface area is 145 Å². The SMILES string of the molecule is C=C1C[C@@]23CC[C@H]4C(C)(CCC[C@@]4(C)C(=O)OC)[C@@H]2CCC1(O)C3. The normalized spacial score (nSPS) is 53.2. The first-order valence-electron chi connectivity index (χ1n) is 9.69. The predicted molar refractivity (Wildman–Crippen MR) is 93.3 cm³/mol. The Balaban J connectivity index is 1.74. The second-order valence-electron chi connectivity index (χ2n) is 9.80. The summed E-state index contributed by atoms with van der Waals surface area (Å²) in [6, 6.07) is 0. The fourth-order valence-electron chi connectivity index (χ4n) is 7.83. The van der Waals surface area contributed by atoms with E-state index in [-0.39, 0.29) is 22.2 Å². The second-order valence-corrected chi connectivity index (χ2v) is 9.80. The summed E-state index contributed by atoms with van der Waals surface area (Å²) in [4.78, 5) is 12.6. The quantitative estimate of drug-likeness (QED) is 0.577. The molecule has 6 atom stereocenters. The molecule has 2 bridgehead atoms. The molecule has 0 amide bonds. The molecule has 24 heavy (non-hydrogen) atoms. The van der Waals surface area contributed by atoms with Crippen molar-refractivity contribution in [3.05, 3.63) is 12.2 Å². The highest BCUT2D eigenvalue weighted by atomic mass is 16.5. The Bertz CT molecular complexity index is 598. The van der Waals surface area contributed by atoms with E-state index in [1.807, 2.05) is 0 Å². The van der Waals surface area contributed by atoms with Gasteiger partial charge in [-0.1, -0.05) is 19.9 Å². The Hall–Kier alpha value is -0.830. The van der Waals surface area contributed by atoms with Crippen molar-refractivity contribution in [2.75, 3.05) is 7.11 Å². The van der Waals surface area contributed by atoms with Crippen LogP contribution in [-0.2, 0) is 9.53 Å². The number of esters is 1. The number of carbonyl (C=O) groups is 1. The highest BCUT2D eigenvalue weighted by molar-refractivity contribution is 5.77. The lowest BCUT2D eigenvalue weighted by Crippen LogP contribution is -2.59. The Morgan fingerprint density at radius 3 is 2.58 bits per heavy atom. The first kappa shape index (κ1) is 16.6. The lowest BCUT2D eigenvalue weighted by molar-refractivity contribution is -0.188. The van der Waals surface area contributed by atoms with Crippen LogP contribution in [0.15, 0.2) is 12.2 Å². The van der Waals surface area contributed by atoms with Gasteiger partial charge in [0.25, 0.3) is 0 Å². The van der Waals surface area contributed by atoms with E-state index in [2.05, 4.69) is 20.4 Å². The molecule has 0 aromatic rings. The summed E-state index contributed by atoms with van der Waals surface area (Å²) in [5.41, 5.74) is 0.528. The summed E-state index contributed by atoms with van der Waals surface area (Å²) >= 11 is 0. The van der Waals surface area contributed by atoms with E-state index < -0.39 is 5.60 Å². The molecule has 0 aromatic heterocycles. The monoisotopic (exact) mass is 332 g/mol. The van der Waals surface area contributed by atoms with Crippen molar-refractivity contribution in [2.24, 2.45) is 28.1 Å². The number of carbonyl (C=O) groups excluding carboxylic acids is 1. The summed E-state index contributed by atoms with van der Waals surface area (Å²) in [5.74, 6) is 0.993. The van der Waals surface area contributed by atoms with Gasteiger partial charge in [0.1, 0.15) is 0 Å². The molecule has 3 nitrogen and oxygen atoms in total. The van der Waals surface area contributed by atoms with Crippen molar-refractivity contribution < 1.29 is 14.6 Å². The third-order valence-electron chi connectivity index (χ3n) is 8.81. The largest absolute Gasteiger partial charge is 0.469 e. The number of aliphatic hydroxyl groups is 1. The van der Waals surface area contributed by atoms with E-state index in [1.54, 1.807) is 0 Å². The number of methoxy groups -OCH3 is 1. The molecule has 134 valence electrons. The zero-order valence-electron chi connectivity index (χ0n) is 15.5. The van der Waals surface area contributed by atoms with Crippen molar-refractivity contribution in [1.82, 2.24) is 0 Å².